The van der Waals surface area contributed by atoms with E-state index in [1.807, 2.05) is 18.2 Å². The molecule has 1 aliphatic rings. The fourth-order valence-corrected chi connectivity index (χ4v) is 4.71. The highest BCUT2D eigenvalue weighted by Gasteiger charge is 2.29. The Balaban J connectivity index is 1.67. The van der Waals surface area contributed by atoms with Crippen molar-refractivity contribution in [3.63, 3.8) is 0 Å². The number of nitrogens with zero attached hydrogens (tertiary/aromatic N) is 4. The van der Waals surface area contributed by atoms with Crippen molar-refractivity contribution in [3.05, 3.63) is 52.9 Å². The second-order valence-electron chi connectivity index (χ2n) is 6.68. The van der Waals surface area contributed by atoms with Gasteiger partial charge in [0.25, 0.3) is 10.0 Å². The standard InChI is InChI=1S/C19H23ClN4O3S/c1-15-21-18(14-22(15)2)28(26,27)24-11-5-10-23(12-13-24)19(25)9-8-16-6-3-4-7-17(16)20/h3-4,6-9,14H,5,10-13H2,1-2H3/b9-8+. The van der Waals surface area contributed by atoms with Crippen molar-refractivity contribution in [3.8, 4) is 0 Å². The number of amides is 1. The van der Waals surface area contributed by atoms with Crippen LogP contribution in [0.1, 0.15) is 17.8 Å². The first-order chi connectivity index (χ1) is 13.3. The lowest BCUT2D eigenvalue weighted by Gasteiger charge is -2.20. The van der Waals surface area contributed by atoms with Crippen LogP contribution in [0.5, 0.6) is 0 Å². The Kier molecular flexibility index (Phi) is 6.22. The van der Waals surface area contributed by atoms with Gasteiger partial charge in [0, 0.05) is 50.5 Å². The van der Waals surface area contributed by atoms with Crippen LogP contribution in [0.3, 0.4) is 0 Å². The number of hydrogen-bond acceptors (Lipinski definition) is 4. The fourth-order valence-electron chi connectivity index (χ4n) is 3.01. The van der Waals surface area contributed by atoms with Crippen molar-refractivity contribution >= 4 is 33.6 Å². The topological polar surface area (TPSA) is 75.5 Å². The van der Waals surface area contributed by atoms with Crippen molar-refractivity contribution in [2.24, 2.45) is 7.05 Å². The van der Waals surface area contributed by atoms with Crippen molar-refractivity contribution in [2.75, 3.05) is 26.2 Å². The lowest BCUT2D eigenvalue weighted by atomic mass is 10.2. The highest BCUT2D eigenvalue weighted by Crippen LogP contribution is 2.18. The SMILES string of the molecule is Cc1nc(S(=O)(=O)N2CCCN(C(=O)/C=C/c3ccccc3Cl)CC2)cn1C. The Morgan fingerprint density at radius 1 is 1.18 bits per heavy atom. The summed E-state index contributed by atoms with van der Waals surface area (Å²) in [6.07, 6.45) is 5.25. The average Bonchev–Trinajstić information content (AvgIpc) is 2.87. The molecule has 2 aromatic rings. The minimum atomic E-state index is -3.67. The monoisotopic (exact) mass is 422 g/mol. The van der Waals surface area contributed by atoms with E-state index in [-0.39, 0.29) is 17.5 Å². The number of imidazole rings is 1. The lowest BCUT2D eigenvalue weighted by Crippen LogP contribution is -2.36. The van der Waals surface area contributed by atoms with Crippen LogP contribution in [0.4, 0.5) is 0 Å². The summed E-state index contributed by atoms with van der Waals surface area (Å²) in [4.78, 5) is 18.3. The quantitative estimate of drug-likeness (QED) is 0.708. The van der Waals surface area contributed by atoms with Crippen molar-refractivity contribution in [2.45, 2.75) is 18.4 Å². The van der Waals surface area contributed by atoms with E-state index < -0.39 is 10.0 Å². The Labute approximate surface area is 170 Å². The van der Waals surface area contributed by atoms with Gasteiger partial charge in [0.05, 0.1) is 0 Å². The first-order valence-corrected chi connectivity index (χ1v) is 10.8. The molecule has 1 saturated heterocycles. The summed E-state index contributed by atoms with van der Waals surface area (Å²) < 4.78 is 28.8. The van der Waals surface area contributed by atoms with Gasteiger partial charge in [-0.3, -0.25) is 4.79 Å². The van der Waals surface area contributed by atoms with E-state index in [2.05, 4.69) is 4.98 Å². The number of aromatic nitrogens is 2. The summed E-state index contributed by atoms with van der Waals surface area (Å²) in [6, 6.07) is 7.27. The molecule has 9 heteroatoms. The zero-order valence-corrected chi connectivity index (χ0v) is 17.4. The molecule has 1 aromatic heterocycles. The molecule has 3 rings (SSSR count). The maximum Gasteiger partial charge on any atom is 0.262 e. The highest BCUT2D eigenvalue weighted by molar-refractivity contribution is 7.89. The van der Waals surface area contributed by atoms with E-state index >= 15 is 0 Å². The van der Waals surface area contributed by atoms with Crippen LogP contribution in [0.15, 0.2) is 41.6 Å². The van der Waals surface area contributed by atoms with E-state index in [0.29, 0.717) is 36.9 Å². The molecule has 0 atom stereocenters. The minimum Gasteiger partial charge on any atom is -0.338 e. The van der Waals surface area contributed by atoms with Gasteiger partial charge >= 0.3 is 0 Å². The van der Waals surface area contributed by atoms with Gasteiger partial charge < -0.3 is 9.47 Å². The maximum atomic E-state index is 12.8. The Bertz CT molecular complexity index is 981. The summed E-state index contributed by atoms with van der Waals surface area (Å²) in [5.41, 5.74) is 0.766. The van der Waals surface area contributed by atoms with Gasteiger partial charge in [-0.1, -0.05) is 29.8 Å². The molecule has 0 N–H and O–H groups in total. The predicted molar refractivity (Wildman–Crippen MR) is 108 cm³/mol. The highest BCUT2D eigenvalue weighted by atomic mass is 35.5. The van der Waals surface area contributed by atoms with Gasteiger partial charge in [0.15, 0.2) is 5.03 Å². The van der Waals surface area contributed by atoms with Gasteiger partial charge in [-0.25, -0.2) is 13.4 Å². The number of aryl methyl sites for hydroxylation is 2. The third-order valence-electron chi connectivity index (χ3n) is 4.77. The lowest BCUT2D eigenvalue weighted by molar-refractivity contribution is -0.125. The molecule has 1 aromatic carbocycles. The first kappa shape index (κ1) is 20.6. The number of benzene rings is 1. The summed E-state index contributed by atoms with van der Waals surface area (Å²) in [5.74, 6) is 0.475. The van der Waals surface area contributed by atoms with Crippen molar-refractivity contribution < 1.29 is 13.2 Å². The third kappa shape index (κ3) is 4.45. The van der Waals surface area contributed by atoms with Gasteiger partial charge in [0.2, 0.25) is 5.91 Å². The summed E-state index contributed by atoms with van der Waals surface area (Å²) in [5, 5.41) is 0.622. The molecule has 1 fully saturated rings. The number of hydrogen-bond donors (Lipinski definition) is 0. The molecular weight excluding hydrogens is 400 g/mol. The normalized spacial score (nSPS) is 16.5. The van der Waals surface area contributed by atoms with Crippen LogP contribution >= 0.6 is 11.6 Å². The van der Waals surface area contributed by atoms with Gasteiger partial charge in [-0.2, -0.15) is 4.31 Å². The molecule has 28 heavy (non-hydrogen) atoms. The van der Waals surface area contributed by atoms with E-state index in [0.717, 1.165) is 5.56 Å². The molecule has 1 aliphatic heterocycles. The molecule has 7 nitrogen and oxygen atoms in total. The molecule has 0 saturated carbocycles. The minimum absolute atomic E-state index is 0.0471. The van der Waals surface area contributed by atoms with E-state index in [1.165, 1.54) is 16.6 Å². The third-order valence-corrected chi connectivity index (χ3v) is 6.88. The van der Waals surface area contributed by atoms with E-state index in [9.17, 15) is 13.2 Å². The Hall–Kier alpha value is -2.16. The predicted octanol–water partition coefficient (Wildman–Crippen LogP) is 2.32. The zero-order valence-electron chi connectivity index (χ0n) is 15.9. The summed E-state index contributed by atoms with van der Waals surface area (Å²) >= 11 is 6.10. The second kappa shape index (κ2) is 8.46. The molecule has 150 valence electrons. The van der Waals surface area contributed by atoms with Crippen LogP contribution in [-0.4, -0.2) is 59.3 Å². The zero-order chi connectivity index (χ0) is 20.3. The summed E-state index contributed by atoms with van der Waals surface area (Å²) in [7, 11) is -1.91. The van der Waals surface area contributed by atoms with Gasteiger partial charge in [-0.15, -0.1) is 0 Å². The maximum absolute atomic E-state index is 12.8. The van der Waals surface area contributed by atoms with Crippen molar-refractivity contribution in [1.29, 1.82) is 0 Å². The molecule has 2 heterocycles. The number of halogens is 1. The number of sulfonamides is 1. The van der Waals surface area contributed by atoms with Gasteiger partial charge in [0.1, 0.15) is 5.82 Å². The largest absolute Gasteiger partial charge is 0.338 e. The van der Waals surface area contributed by atoms with Crippen LogP contribution in [0, 0.1) is 6.92 Å². The number of carbonyl (C=O) groups excluding carboxylic acids is 1. The Morgan fingerprint density at radius 2 is 1.93 bits per heavy atom. The molecular formula is C19H23ClN4O3S. The first-order valence-electron chi connectivity index (χ1n) is 9.00. The smallest absolute Gasteiger partial charge is 0.262 e. The van der Waals surface area contributed by atoms with Crippen LogP contribution < -0.4 is 0 Å². The fraction of sp³-hybridized carbons (Fsp3) is 0.368. The molecule has 1 amide bonds. The molecule has 0 aliphatic carbocycles. The summed E-state index contributed by atoms with van der Waals surface area (Å²) in [6.45, 7) is 3.18. The second-order valence-corrected chi connectivity index (χ2v) is 8.97. The van der Waals surface area contributed by atoms with Crippen molar-refractivity contribution in [1.82, 2.24) is 18.8 Å². The van der Waals surface area contributed by atoms with Crippen LogP contribution in [0.25, 0.3) is 6.08 Å². The van der Waals surface area contributed by atoms with Gasteiger partial charge in [-0.05, 0) is 31.1 Å². The van der Waals surface area contributed by atoms with Crippen LogP contribution in [-0.2, 0) is 21.9 Å². The number of rotatable bonds is 4. The van der Waals surface area contributed by atoms with E-state index in [1.54, 1.807) is 35.6 Å². The Morgan fingerprint density at radius 3 is 2.61 bits per heavy atom. The molecule has 0 unspecified atom stereocenters. The molecule has 0 radical (unpaired) electrons. The van der Waals surface area contributed by atoms with E-state index in [4.69, 9.17) is 11.6 Å². The molecule has 0 bridgehead atoms. The van der Waals surface area contributed by atoms with Crippen LogP contribution in [0.2, 0.25) is 5.02 Å². The number of carbonyl (C=O) groups is 1. The average molecular weight is 423 g/mol. The molecule has 0 spiro atoms.